The van der Waals surface area contributed by atoms with E-state index in [9.17, 15) is 13.2 Å². The summed E-state index contributed by atoms with van der Waals surface area (Å²) >= 11 is 0. The topological polar surface area (TPSA) is 84.5 Å². The molecule has 1 amide bonds. The number of benzene rings is 2. The molecule has 0 fully saturated rings. The Hall–Kier alpha value is -2.38. The molecule has 0 aliphatic rings. The predicted octanol–water partition coefficient (Wildman–Crippen LogP) is 2.73. The summed E-state index contributed by atoms with van der Waals surface area (Å²) in [5.41, 5.74) is 2.52. The van der Waals surface area contributed by atoms with Gasteiger partial charge in [-0.15, -0.1) is 4.83 Å². The van der Waals surface area contributed by atoms with Crippen LogP contribution in [0.1, 0.15) is 30.6 Å². The van der Waals surface area contributed by atoms with E-state index in [1.165, 1.54) is 12.1 Å². The SMILES string of the molecule is CC(C)CCOc1ccc(C(=O)NNS(=O)(=O)c2ccccc2)cc1. The van der Waals surface area contributed by atoms with Crippen molar-refractivity contribution in [1.29, 1.82) is 0 Å². The fourth-order valence-electron chi connectivity index (χ4n) is 1.96. The summed E-state index contributed by atoms with van der Waals surface area (Å²) in [6.45, 7) is 4.85. The third-order valence-corrected chi connectivity index (χ3v) is 4.70. The molecule has 0 atom stereocenters. The van der Waals surface area contributed by atoms with E-state index in [1.54, 1.807) is 42.5 Å². The minimum atomic E-state index is -3.80. The molecule has 0 bridgehead atoms. The lowest BCUT2D eigenvalue weighted by Gasteiger charge is -2.10. The summed E-state index contributed by atoms with van der Waals surface area (Å²) in [4.78, 5) is 14.2. The molecule has 2 aromatic rings. The average molecular weight is 362 g/mol. The molecule has 0 aromatic heterocycles. The molecule has 0 saturated heterocycles. The molecule has 7 heteroatoms. The molecule has 0 aliphatic heterocycles. The number of rotatable bonds is 8. The van der Waals surface area contributed by atoms with Crippen LogP contribution >= 0.6 is 0 Å². The number of carbonyl (C=O) groups excluding carboxylic acids is 1. The Kier molecular flexibility index (Phi) is 6.55. The first-order valence-corrected chi connectivity index (χ1v) is 9.47. The van der Waals surface area contributed by atoms with Crippen molar-refractivity contribution in [3.63, 3.8) is 0 Å². The maximum atomic E-state index is 12.1. The number of ether oxygens (including phenoxy) is 1. The van der Waals surface area contributed by atoms with Gasteiger partial charge in [-0.1, -0.05) is 32.0 Å². The van der Waals surface area contributed by atoms with Crippen LogP contribution in [0.4, 0.5) is 0 Å². The van der Waals surface area contributed by atoms with Gasteiger partial charge in [-0.3, -0.25) is 10.2 Å². The second-order valence-electron chi connectivity index (χ2n) is 5.93. The lowest BCUT2D eigenvalue weighted by Crippen LogP contribution is -2.41. The molecule has 0 saturated carbocycles. The molecule has 0 radical (unpaired) electrons. The van der Waals surface area contributed by atoms with E-state index < -0.39 is 15.9 Å². The lowest BCUT2D eigenvalue weighted by atomic mass is 10.1. The summed E-state index contributed by atoms with van der Waals surface area (Å²) in [6, 6.07) is 14.3. The summed E-state index contributed by atoms with van der Waals surface area (Å²) < 4.78 is 29.7. The van der Waals surface area contributed by atoms with Crippen LogP contribution in [0.3, 0.4) is 0 Å². The number of carbonyl (C=O) groups is 1. The Bertz CT molecular complexity index is 788. The van der Waals surface area contributed by atoms with Gasteiger partial charge in [0.2, 0.25) is 0 Å². The fraction of sp³-hybridized carbons (Fsp3) is 0.278. The Morgan fingerprint density at radius 1 is 1.04 bits per heavy atom. The van der Waals surface area contributed by atoms with E-state index in [1.807, 2.05) is 0 Å². The second kappa shape index (κ2) is 8.64. The minimum absolute atomic E-state index is 0.0733. The van der Waals surface area contributed by atoms with Gasteiger partial charge in [0.1, 0.15) is 5.75 Å². The number of hydrazine groups is 1. The Balaban J connectivity index is 1.90. The first kappa shape index (κ1) is 19.0. The molecule has 25 heavy (non-hydrogen) atoms. The Morgan fingerprint density at radius 2 is 1.68 bits per heavy atom. The van der Waals surface area contributed by atoms with E-state index in [0.29, 0.717) is 23.8 Å². The average Bonchev–Trinajstić information content (AvgIpc) is 2.61. The summed E-state index contributed by atoms with van der Waals surface area (Å²) in [5, 5.41) is 0. The first-order chi connectivity index (χ1) is 11.9. The van der Waals surface area contributed by atoms with Gasteiger partial charge in [-0.05, 0) is 48.7 Å². The van der Waals surface area contributed by atoms with Crippen molar-refractivity contribution in [2.24, 2.45) is 5.92 Å². The Morgan fingerprint density at radius 3 is 2.28 bits per heavy atom. The molecule has 2 rings (SSSR count). The van der Waals surface area contributed by atoms with Gasteiger partial charge in [0, 0.05) is 5.56 Å². The van der Waals surface area contributed by atoms with E-state index >= 15 is 0 Å². The maximum absolute atomic E-state index is 12.1. The molecule has 0 heterocycles. The first-order valence-electron chi connectivity index (χ1n) is 7.98. The van der Waals surface area contributed by atoms with E-state index in [-0.39, 0.29) is 4.90 Å². The smallest absolute Gasteiger partial charge is 0.266 e. The van der Waals surface area contributed by atoms with Crippen LogP contribution in [0.25, 0.3) is 0 Å². The molecule has 6 nitrogen and oxygen atoms in total. The van der Waals surface area contributed by atoms with Crippen LogP contribution < -0.4 is 15.0 Å². The zero-order chi connectivity index (χ0) is 18.3. The number of amides is 1. The summed E-state index contributed by atoms with van der Waals surface area (Å²) in [5.74, 6) is 0.679. The number of sulfonamides is 1. The van der Waals surface area contributed by atoms with Crippen molar-refractivity contribution >= 4 is 15.9 Å². The van der Waals surface area contributed by atoms with Crippen molar-refractivity contribution in [1.82, 2.24) is 10.3 Å². The zero-order valence-corrected chi connectivity index (χ0v) is 15.0. The second-order valence-corrected chi connectivity index (χ2v) is 7.61. The molecule has 2 N–H and O–H groups in total. The standard InChI is InChI=1S/C18H22N2O4S/c1-14(2)12-13-24-16-10-8-15(9-11-16)18(21)19-20-25(22,23)17-6-4-3-5-7-17/h3-11,14,20H,12-13H2,1-2H3,(H,19,21). The van der Waals surface area contributed by atoms with E-state index in [2.05, 4.69) is 24.1 Å². The predicted molar refractivity (Wildman–Crippen MR) is 95.6 cm³/mol. The normalized spacial score (nSPS) is 11.3. The van der Waals surface area contributed by atoms with Gasteiger partial charge >= 0.3 is 0 Å². The third-order valence-electron chi connectivity index (χ3n) is 3.43. The highest BCUT2D eigenvalue weighted by molar-refractivity contribution is 7.89. The molecule has 0 aliphatic carbocycles. The lowest BCUT2D eigenvalue weighted by molar-refractivity contribution is 0.0945. The number of nitrogens with one attached hydrogen (secondary N) is 2. The minimum Gasteiger partial charge on any atom is -0.494 e. The van der Waals surface area contributed by atoms with Gasteiger partial charge in [-0.2, -0.15) is 0 Å². The van der Waals surface area contributed by atoms with Gasteiger partial charge in [-0.25, -0.2) is 8.42 Å². The molecule has 134 valence electrons. The molecule has 0 spiro atoms. The highest BCUT2D eigenvalue weighted by Gasteiger charge is 2.15. The van der Waals surface area contributed by atoms with Crippen LogP contribution in [0.15, 0.2) is 59.5 Å². The van der Waals surface area contributed by atoms with Crippen LogP contribution in [-0.2, 0) is 10.0 Å². The highest BCUT2D eigenvalue weighted by Crippen LogP contribution is 2.13. The quantitative estimate of drug-likeness (QED) is 0.707. The van der Waals surface area contributed by atoms with Crippen molar-refractivity contribution < 1.29 is 17.9 Å². The molecule has 2 aromatic carbocycles. The van der Waals surface area contributed by atoms with Crippen molar-refractivity contribution in [2.45, 2.75) is 25.2 Å². The summed E-state index contributed by atoms with van der Waals surface area (Å²) in [6.07, 6.45) is 0.948. The van der Waals surface area contributed by atoms with Crippen LogP contribution in [0.5, 0.6) is 5.75 Å². The molecular formula is C18H22N2O4S. The number of hydrogen-bond donors (Lipinski definition) is 2. The summed E-state index contributed by atoms with van der Waals surface area (Å²) in [7, 11) is -3.80. The van der Waals surface area contributed by atoms with Gasteiger partial charge in [0.15, 0.2) is 0 Å². The monoisotopic (exact) mass is 362 g/mol. The van der Waals surface area contributed by atoms with Crippen LogP contribution in [0, 0.1) is 5.92 Å². The maximum Gasteiger partial charge on any atom is 0.266 e. The van der Waals surface area contributed by atoms with Crippen LogP contribution in [0.2, 0.25) is 0 Å². The third kappa shape index (κ3) is 5.88. The van der Waals surface area contributed by atoms with Crippen LogP contribution in [-0.4, -0.2) is 20.9 Å². The largest absolute Gasteiger partial charge is 0.494 e. The van der Waals surface area contributed by atoms with Crippen molar-refractivity contribution in [2.75, 3.05) is 6.61 Å². The number of hydrogen-bond acceptors (Lipinski definition) is 4. The highest BCUT2D eigenvalue weighted by atomic mass is 32.2. The molecule has 0 unspecified atom stereocenters. The fourth-order valence-corrected chi connectivity index (χ4v) is 2.82. The van der Waals surface area contributed by atoms with E-state index in [4.69, 9.17) is 4.74 Å². The Labute approximate surface area is 148 Å². The van der Waals surface area contributed by atoms with Gasteiger partial charge in [0.25, 0.3) is 15.9 Å². The van der Waals surface area contributed by atoms with Crippen molar-refractivity contribution in [3.05, 3.63) is 60.2 Å². The van der Waals surface area contributed by atoms with Gasteiger partial charge in [0.05, 0.1) is 11.5 Å². The molecular weight excluding hydrogens is 340 g/mol. The van der Waals surface area contributed by atoms with E-state index in [0.717, 1.165) is 6.42 Å². The van der Waals surface area contributed by atoms with Crippen molar-refractivity contribution in [3.8, 4) is 5.75 Å². The van der Waals surface area contributed by atoms with Gasteiger partial charge < -0.3 is 4.74 Å². The zero-order valence-electron chi connectivity index (χ0n) is 14.2.